The molecule has 0 N–H and O–H groups in total. The minimum atomic E-state index is -0.565. The molecule has 5 rings (SSSR count). The number of benzene rings is 1. The SMILES string of the molecule is COc1cnc2c(-c3nc4cc(F)c(OC[C@H](C)c5cccnn5)nc4s3)cc(C)cc2n1. The number of aromatic nitrogens is 6. The number of halogens is 1. The van der Waals surface area contributed by atoms with Gasteiger partial charge in [0.05, 0.1) is 36.6 Å². The number of methoxy groups -OCH3 is 1. The molecular formula is C23H19FN6O2S. The van der Waals surface area contributed by atoms with Crippen LogP contribution in [0.25, 0.3) is 32.0 Å². The third kappa shape index (κ3) is 4.17. The number of thiazole rings is 1. The van der Waals surface area contributed by atoms with Gasteiger partial charge in [0, 0.05) is 23.7 Å². The van der Waals surface area contributed by atoms with E-state index < -0.39 is 5.82 Å². The van der Waals surface area contributed by atoms with E-state index in [0.29, 0.717) is 32.3 Å². The predicted molar refractivity (Wildman–Crippen MR) is 123 cm³/mol. The number of nitrogens with zero attached hydrogens (tertiary/aromatic N) is 6. The van der Waals surface area contributed by atoms with Crippen LogP contribution in [0.15, 0.2) is 42.7 Å². The minimum absolute atomic E-state index is 0.0629. The number of hydrogen-bond donors (Lipinski definition) is 0. The molecule has 5 aromatic rings. The number of aryl methyl sites for hydroxylation is 1. The van der Waals surface area contributed by atoms with Gasteiger partial charge >= 0.3 is 0 Å². The number of fused-ring (bicyclic) bond motifs is 2. The van der Waals surface area contributed by atoms with E-state index in [2.05, 4.69) is 30.1 Å². The molecule has 4 heterocycles. The molecule has 0 saturated heterocycles. The molecule has 0 saturated carbocycles. The molecule has 1 atom stereocenters. The smallest absolute Gasteiger partial charge is 0.251 e. The summed E-state index contributed by atoms with van der Waals surface area (Å²) in [6, 6.07) is 8.92. The van der Waals surface area contributed by atoms with E-state index in [1.807, 2.05) is 32.0 Å². The zero-order valence-electron chi connectivity index (χ0n) is 18.1. The molecular weight excluding hydrogens is 443 g/mol. The minimum Gasteiger partial charge on any atom is -0.480 e. The summed E-state index contributed by atoms with van der Waals surface area (Å²) in [7, 11) is 1.55. The lowest BCUT2D eigenvalue weighted by Crippen LogP contribution is -2.10. The molecule has 8 nitrogen and oxygen atoms in total. The highest BCUT2D eigenvalue weighted by Gasteiger charge is 2.18. The maximum Gasteiger partial charge on any atom is 0.251 e. The van der Waals surface area contributed by atoms with Gasteiger partial charge < -0.3 is 9.47 Å². The van der Waals surface area contributed by atoms with Crippen LogP contribution in [0.5, 0.6) is 11.8 Å². The molecule has 0 unspecified atom stereocenters. The van der Waals surface area contributed by atoms with E-state index in [-0.39, 0.29) is 18.4 Å². The quantitative estimate of drug-likeness (QED) is 0.357. The standard InChI is InChI=1S/C23H19FN6O2S/c1-12-7-14(20-17(8-12)27-19(31-3)10-25-20)22-28-18-9-15(24)21(29-23(18)33-22)32-11-13(2)16-5-4-6-26-30-16/h4-10,13H,11H2,1-3H3/t13-/m0/s1. The Labute approximate surface area is 192 Å². The van der Waals surface area contributed by atoms with Crippen LogP contribution >= 0.6 is 11.3 Å². The van der Waals surface area contributed by atoms with Gasteiger partial charge in [0.25, 0.3) is 5.88 Å². The summed E-state index contributed by atoms with van der Waals surface area (Å²) in [5.74, 6) is -0.261. The van der Waals surface area contributed by atoms with Crippen LogP contribution in [0.4, 0.5) is 4.39 Å². The second-order valence-electron chi connectivity index (χ2n) is 7.57. The van der Waals surface area contributed by atoms with Gasteiger partial charge in [-0.2, -0.15) is 15.2 Å². The zero-order chi connectivity index (χ0) is 22.9. The first-order chi connectivity index (χ1) is 16.0. The maximum absolute atomic E-state index is 14.7. The molecule has 1 aromatic carbocycles. The summed E-state index contributed by atoms with van der Waals surface area (Å²) < 4.78 is 25.6. The molecule has 0 radical (unpaired) electrons. The average Bonchev–Trinajstić information content (AvgIpc) is 3.24. The van der Waals surface area contributed by atoms with Crippen LogP contribution in [0.1, 0.15) is 24.1 Å². The number of hydrogen-bond acceptors (Lipinski definition) is 9. The van der Waals surface area contributed by atoms with Crippen molar-refractivity contribution >= 4 is 32.7 Å². The first-order valence-corrected chi connectivity index (χ1v) is 11.0. The molecule has 0 aliphatic carbocycles. The summed E-state index contributed by atoms with van der Waals surface area (Å²) in [6.45, 7) is 4.13. The first-order valence-electron chi connectivity index (χ1n) is 10.2. The van der Waals surface area contributed by atoms with E-state index in [9.17, 15) is 4.39 Å². The van der Waals surface area contributed by atoms with E-state index in [4.69, 9.17) is 9.47 Å². The molecule has 4 aromatic heterocycles. The van der Waals surface area contributed by atoms with Gasteiger partial charge in [0.15, 0.2) is 5.82 Å². The van der Waals surface area contributed by atoms with Gasteiger partial charge in [-0.3, -0.25) is 0 Å². The Balaban J connectivity index is 1.48. The Morgan fingerprint density at radius 1 is 1.12 bits per heavy atom. The van der Waals surface area contributed by atoms with Crippen molar-refractivity contribution in [3.63, 3.8) is 0 Å². The maximum atomic E-state index is 14.7. The van der Waals surface area contributed by atoms with Crippen LogP contribution in [0.3, 0.4) is 0 Å². The summed E-state index contributed by atoms with van der Waals surface area (Å²) in [4.78, 5) is 18.5. The monoisotopic (exact) mass is 462 g/mol. The van der Waals surface area contributed by atoms with E-state index >= 15 is 0 Å². The molecule has 33 heavy (non-hydrogen) atoms. The molecule has 0 aliphatic rings. The van der Waals surface area contributed by atoms with Crippen molar-refractivity contribution in [3.8, 4) is 22.3 Å². The Bertz CT molecular complexity index is 1460. The first kappa shape index (κ1) is 21.1. The van der Waals surface area contributed by atoms with Crippen LogP contribution in [-0.4, -0.2) is 43.8 Å². The van der Waals surface area contributed by atoms with Gasteiger partial charge in [-0.15, -0.1) is 0 Å². The number of pyridine rings is 1. The highest BCUT2D eigenvalue weighted by molar-refractivity contribution is 7.21. The molecule has 0 fully saturated rings. The summed E-state index contributed by atoms with van der Waals surface area (Å²) in [5.41, 5.74) is 4.42. The lowest BCUT2D eigenvalue weighted by atomic mass is 10.1. The Kier molecular flexibility index (Phi) is 5.51. The Morgan fingerprint density at radius 3 is 2.79 bits per heavy atom. The number of rotatable bonds is 6. The second-order valence-corrected chi connectivity index (χ2v) is 8.55. The average molecular weight is 463 g/mol. The van der Waals surface area contributed by atoms with Crippen molar-refractivity contribution in [2.45, 2.75) is 19.8 Å². The fourth-order valence-electron chi connectivity index (χ4n) is 3.42. The third-order valence-electron chi connectivity index (χ3n) is 5.08. The number of ether oxygens (including phenoxy) is 2. The van der Waals surface area contributed by atoms with Crippen LogP contribution in [-0.2, 0) is 0 Å². The largest absolute Gasteiger partial charge is 0.480 e. The highest BCUT2D eigenvalue weighted by atomic mass is 32.1. The van der Waals surface area contributed by atoms with Gasteiger partial charge in [0.2, 0.25) is 5.88 Å². The second kappa shape index (κ2) is 8.62. The van der Waals surface area contributed by atoms with Gasteiger partial charge in [0.1, 0.15) is 15.4 Å². The zero-order valence-corrected chi connectivity index (χ0v) is 18.9. The lowest BCUT2D eigenvalue weighted by molar-refractivity contribution is 0.269. The van der Waals surface area contributed by atoms with Crippen molar-refractivity contribution < 1.29 is 13.9 Å². The summed E-state index contributed by atoms with van der Waals surface area (Å²) in [5, 5.41) is 8.62. The van der Waals surface area contributed by atoms with Gasteiger partial charge in [-0.25, -0.2) is 19.3 Å². The van der Waals surface area contributed by atoms with Crippen molar-refractivity contribution in [2.24, 2.45) is 0 Å². The van der Waals surface area contributed by atoms with Crippen molar-refractivity contribution in [3.05, 3.63) is 59.8 Å². The molecule has 0 amide bonds. The fourth-order valence-corrected chi connectivity index (χ4v) is 4.35. The molecule has 166 valence electrons. The van der Waals surface area contributed by atoms with Gasteiger partial charge in [-0.1, -0.05) is 18.3 Å². The molecule has 0 spiro atoms. The third-order valence-corrected chi connectivity index (χ3v) is 6.08. The Morgan fingerprint density at radius 2 is 2.00 bits per heavy atom. The lowest BCUT2D eigenvalue weighted by Gasteiger charge is -2.11. The van der Waals surface area contributed by atoms with Crippen molar-refractivity contribution in [1.82, 2.24) is 30.1 Å². The normalized spacial score (nSPS) is 12.2. The molecule has 10 heteroatoms. The predicted octanol–water partition coefficient (Wildman–Crippen LogP) is 4.73. The molecule has 0 aliphatic heterocycles. The fraction of sp³-hybridized carbons (Fsp3) is 0.217. The Hall–Kier alpha value is -3.79. The molecule has 0 bridgehead atoms. The van der Waals surface area contributed by atoms with Crippen molar-refractivity contribution in [2.75, 3.05) is 13.7 Å². The van der Waals surface area contributed by atoms with Crippen LogP contribution < -0.4 is 9.47 Å². The van der Waals surface area contributed by atoms with E-state index in [1.165, 1.54) is 17.4 Å². The van der Waals surface area contributed by atoms with Crippen LogP contribution in [0, 0.1) is 12.7 Å². The topological polar surface area (TPSA) is 95.8 Å². The van der Waals surface area contributed by atoms with E-state index in [0.717, 1.165) is 16.8 Å². The summed E-state index contributed by atoms with van der Waals surface area (Å²) >= 11 is 1.35. The van der Waals surface area contributed by atoms with Gasteiger partial charge in [-0.05, 0) is 36.8 Å². The van der Waals surface area contributed by atoms with E-state index in [1.54, 1.807) is 25.6 Å². The van der Waals surface area contributed by atoms with Crippen molar-refractivity contribution in [1.29, 1.82) is 0 Å². The highest BCUT2D eigenvalue weighted by Crippen LogP contribution is 2.35. The summed E-state index contributed by atoms with van der Waals surface area (Å²) in [6.07, 6.45) is 3.17. The van der Waals surface area contributed by atoms with Crippen LogP contribution in [0.2, 0.25) is 0 Å².